The first-order chi connectivity index (χ1) is 16.2. The summed E-state index contributed by atoms with van der Waals surface area (Å²) in [6.07, 6.45) is 5.38. The number of piperidine rings is 1. The van der Waals surface area contributed by atoms with Gasteiger partial charge in [-0.05, 0) is 45.7 Å². The SMILES string of the molecule is COc1cc(OC)c(-c2cn3ccc(NC4CCN(C(=O)OC(C)(C)C)CC4)cc3n2)cc1Cl. The molecule has 0 spiro atoms. The van der Waals surface area contributed by atoms with Crippen molar-refractivity contribution in [2.75, 3.05) is 32.6 Å². The number of rotatable bonds is 5. The van der Waals surface area contributed by atoms with E-state index in [0.29, 0.717) is 29.6 Å². The molecule has 2 aromatic heterocycles. The number of hydrogen-bond donors (Lipinski definition) is 1. The highest BCUT2D eigenvalue weighted by molar-refractivity contribution is 6.32. The number of nitrogens with one attached hydrogen (secondary N) is 1. The summed E-state index contributed by atoms with van der Waals surface area (Å²) in [4.78, 5) is 18.9. The number of nitrogens with zero attached hydrogens (tertiary/aromatic N) is 3. The highest BCUT2D eigenvalue weighted by Gasteiger charge is 2.27. The third kappa shape index (κ3) is 5.33. The number of pyridine rings is 1. The first-order valence-corrected chi connectivity index (χ1v) is 11.7. The van der Waals surface area contributed by atoms with Gasteiger partial charge in [0.2, 0.25) is 0 Å². The second kappa shape index (κ2) is 9.62. The summed E-state index contributed by atoms with van der Waals surface area (Å²) in [7, 11) is 3.18. The van der Waals surface area contributed by atoms with Crippen LogP contribution in [0.1, 0.15) is 33.6 Å². The van der Waals surface area contributed by atoms with E-state index in [1.807, 2.05) is 49.7 Å². The molecule has 3 heterocycles. The number of benzene rings is 1. The molecule has 1 amide bonds. The van der Waals surface area contributed by atoms with Gasteiger partial charge in [0.15, 0.2) is 0 Å². The van der Waals surface area contributed by atoms with Gasteiger partial charge in [0.05, 0.1) is 24.9 Å². The number of ether oxygens (including phenoxy) is 3. The molecule has 1 aromatic carbocycles. The van der Waals surface area contributed by atoms with Gasteiger partial charge in [0, 0.05) is 54.9 Å². The lowest BCUT2D eigenvalue weighted by molar-refractivity contribution is 0.0210. The summed E-state index contributed by atoms with van der Waals surface area (Å²) in [6, 6.07) is 7.88. The van der Waals surface area contributed by atoms with Crippen LogP contribution in [-0.2, 0) is 4.74 Å². The van der Waals surface area contributed by atoms with Crippen molar-refractivity contribution >= 4 is 29.0 Å². The minimum atomic E-state index is -0.480. The van der Waals surface area contributed by atoms with Crippen molar-refractivity contribution in [3.05, 3.63) is 41.7 Å². The molecule has 1 aliphatic heterocycles. The third-order valence-corrected chi connectivity index (χ3v) is 6.02. The van der Waals surface area contributed by atoms with E-state index in [4.69, 9.17) is 30.8 Å². The molecule has 1 aliphatic rings. The Hall–Kier alpha value is -3.13. The number of fused-ring (bicyclic) bond motifs is 1. The van der Waals surface area contributed by atoms with Crippen LogP contribution in [0.2, 0.25) is 5.02 Å². The van der Waals surface area contributed by atoms with Gasteiger partial charge in [-0.25, -0.2) is 9.78 Å². The number of carbonyl (C=O) groups is 1. The molecule has 3 aromatic rings. The standard InChI is InChI=1S/C25H31ClN4O4/c1-25(2,3)34-24(31)29-9-6-16(7-10-29)27-17-8-11-30-15-20(28-23(30)12-17)18-13-19(26)22(33-5)14-21(18)32-4/h8,11-16,27H,6-7,9-10H2,1-5H3. The smallest absolute Gasteiger partial charge is 0.410 e. The van der Waals surface area contributed by atoms with Crippen LogP contribution in [0.15, 0.2) is 36.7 Å². The summed E-state index contributed by atoms with van der Waals surface area (Å²) in [6.45, 7) is 6.99. The minimum absolute atomic E-state index is 0.244. The maximum absolute atomic E-state index is 12.3. The summed E-state index contributed by atoms with van der Waals surface area (Å²) in [5, 5.41) is 4.08. The Balaban J connectivity index is 1.46. The Morgan fingerprint density at radius 1 is 1.12 bits per heavy atom. The number of methoxy groups -OCH3 is 2. The van der Waals surface area contributed by atoms with Crippen molar-refractivity contribution in [1.82, 2.24) is 14.3 Å². The van der Waals surface area contributed by atoms with Crippen molar-refractivity contribution in [2.45, 2.75) is 45.3 Å². The van der Waals surface area contributed by atoms with Crippen molar-refractivity contribution in [3.63, 3.8) is 0 Å². The molecule has 0 unspecified atom stereocenters. The fourth-order valence-electron chi connectivity index (χ4n) is 4.03. The first kappa shape index (κ1) is 24.0. The maximum Gasteiger partial charge on any atom is 0.410 e. The molecule has 9 heteroatoms. The predicted molar refractivity (Wildman–Crippen MR) is 133 cm³/mol. The highest BCUT2D eigenvalue weighted by Crippen LogP contribution is 2.38. The lowest BCUT2D eigenvalue weighted by atomic mass is 10.1. The second-order valence-electron chi connectivity index (χ2n) is 9.38. The van der Waals surface area contributed by atoms with E-state index < -0.39 is 5.60 Å². The monoisotopic (exact) mass is 486 g/mol. The molecule has 0 bridgehead atoms. The summed E-state index contributed by atoms with van der Waals surface area (Å²) in [5.74, 6) is 1.19. The van der Waals surface area contributed by atoms with E-state index >= 15 is 0 Å². The molecular weight excluding hydrogens is 456 g/mol. The normalized spacial score (nSPS) is 14.8. The van der Waals surface area contributed by atoms with Gasteiger partial charge in [-0.3, -0.25) is 0 Å². The largest absolute Gasteiger partial charge is 0.496 e. The fraction of sp³-hybridized carbons (Fsp3) is 0.440. The van der Waals surface area contributed by atoms with E-state index in [1.54, 1.807) is 31.3 Å². The van der Waals surface area contributed by atoms with E-state index in [0.717, 1.165) is 35.4 Å². The molecule has 182 valence electrons. The summed E-state index contributed by atoms with van der Waals surface area (Å²) in [5.41, 5.74) is 2.86. The van der Waals surface area contributed by atoms with Crippen molar-refractivity contribution in [2.24, 2.45) is 0 Å². The number of aromatic nitrogens is 2. The van der Waals surface area contributed by atoms with Crippen molar-refractivity contribution in [1.29, 1.82) is 0 Å². The quantitative estimate of drug-likeness (QED) is 0.514. The van der Waals surface area contributed by atoms with E-state index in [-0.39, 0.29) is 12.1 Å². The van der Waals surface area contributed by atoms with Crippen LogP contribution in [-0.4, -0.2) is 59.3 Å². The molecule has 0 aliphatic carbocycles. The van der Waals surface area contributed by atoms with Crippen LogP contribution in [0.25, 0.3) is 16.9 Å². The fourth-order valence-corrected chi connectivity index (χ4v) is 4.27. The lowest BCUT2D eigenvalue weighted by Gasteiger charge is -2.34. The number of carbonyl (C=O) groups excluding carboxylic acids is 1. The third-order valence-electron chi connectivity index (χ3n) is 5.73. The molecule has 1 saturated heterocycles. The van der Waals surface area contributed by atoms with E-state index in [1.165, 1.54) is 0 Å². The van der Waals surface area contributed by atoms with E-state index in [2.05, 4.69) is 5.32 Å². The molecule has 0 saturated carbocycles. The van der Waals surface area contributed by atoms with Crippen LogP contribution in [0.5, 0.6) is 11.5 Å². The number of halogens is 1. The zero-order valence-corrected chi connectivity index (χ0v) is 21.0. The average Bonchev–Trinajstić information content (AvgIpc) is 3.21. The molecule has 1 N–H and O–H groups in total. The molecular formula is C25H31ClN4O4. The van der Waals surface area contributed by atoms with Gasteiger partial charge in [0.1, 0.15) is 22.7 Å². The molecule has 4 rings (SSSR count). The van der Waals surface area contributed by atoms with Crippen LogP contribution in [0, 0.1) is 0 Å². The summed E-state index contributed by atoms with van der Waals surface area (Å²) < 4.78 is 18.3. The van der Waals surface area contributed by atoms with Gasteiger partial charge >= 0.3 is 6.09 Å². The van der Waals surface area contributed by atoms with Gasteiger partial charge in [-0.1, -0.05) is 11.6 Å². The number of amides is 1. The zero-order chi connectivity index (χ0) is 24.5. The van der Waals surface area contributed by atoms with E-state index in [9.17, 15) is 4.79 Å². The predicted octanol–water partition coefficient (Wildman–Crippen LogP) is 5.48. The van der Waals surface area contributed by atoms with Crippen LogP contribution >= 0.6 is 11.6 Å². The van der Waals surface area contributed by atoms with Crippen molar-refractivity contribution in [3.8, 4) is 22.8 Å². The number of likely N-dealkylation sites (tertiary alicyclic amines) is 1. The molecule has 34 heavy (non-hydrogen) atoms. The van der Waals surface area contributed by atoms with Gasteiger partial charge in [-0.2, -0.15) is 0 Å². The highest BCUT2D eigenvalue weighted by atomic mass is 35.5. The Labute approximate surface area is 204 Å². The maximum atomic E-state index is 12.3. The number of anilines is 1. The van der Waals surface area contributed by atoms with Crippen molar-refractivity contribution < 1.29 is 19.0 Å². The van der Waals surface area contributed by atoms with Gasteiger partial charge < -0.3 is 28.8 Å². The van der Waals surface area contributed by atoms with Crippen LogP contribution < -0.4 is 14.8 Å². The summed E-state index contributed by atoms with van der Waals surface area (Å²) >= 11 is 6.34. The second-order valence-corrected chi connectivity index (χ2v) is 9.79. The Morgan fingerprint density at radius 3 is 2.47 bits per heavy atom. The lowest BCUT2D eigenvalue weighted by Crippen LogP contribution is -2.44. The van der Waals surface area contributed by atoms with Crippen LogP contribution in [0.4, 0.5) is 10.5 Å². The first-order valence-electron chi connectivity index (χ1n) is 11.3. The molecule has 0 radical (unpaired) electrons. The number of imidazole rings is 1. The molecule has 0 atom stereocenters. The number of hydrogen-bond acceptors (Lipinski definition) is 6. The topological polar surface area (TPSA) is 77.3 Å². The molecule has 8 nitrogen and oxygen atoms in total. The van der Waals surface area contributed by atoms with Gasteiger partial charge in [-0.15, -0.1) is 0 Å². The van der Waals surface area contributed by atoms with Crippen LogP contribution in [0.3, 0.4) is 0 Å². The van der Waals surface area contributed by atoms with Gasteiger partial charge in [0.25, 0.3) is 0 Å². The Kier molecular flexibility index (Phi) is 6.79. The average molecular weight is 487 g/mol. The Bertz CT molecular complexity index is 1180. The zero-order valence-electron chi connectivity index (χ0n) is 20.2. The Morgan fingerprint density at radius 2 is 1.82 bits per heavy atom. The molecule has 1 fully saturated rings. The minimum Gasteiger partial charge on any atom is -0.496 e.